The molecule has 14 nitrogen and oxygen atoms in total. The summed E-state index contributed by atoms with van der Waals surface area (Å²) in [6.07, 6.45) is 0.397. The smallest absolute Gasteiger partial charge is 0.410 e. The molecule has 2 aliphatic rings. The predicted octanol–water partition coefficient (Wildman–Crippen LogP) is 3.43. The maximum absolute atomic E-state index is 14.4. The van der Waals surface area contributed by atoms with Crippen LogP contribution in [0.4, 0.5) is 4.79 Å². The zero-order chi connectivity index (χ0) is 39.6. The number of carbonyl (C=O) groups excluding carboxylic acids is 4. The quantitative estimate of drug-likeness (QED) is 0.226. The van der Waals surface area contributed by atoms with Gasteiger partial charge in [-0.3, -0.25) is 9.59 Å². The normalized spacial score (nSPS) is 19.8. The predicted molar refractivity (Wildman–Crippen MR) is 202 cm³/mol. The molecule has 298 valence electrons. The summed E-state index contributed by atoms with van der Waals surface area (Å²) in [4.78, 5) is 56.4. The van der Waals surface area contributed by atoms with Crippen molar-refractivity contribution in [2.24, 2.45) is 5.92 Å². The van der Waals surface area contributed by atoms with Crippen molar-refractivity contribution in [3.63, 3.8) is 0 Å². The zero-order valence-electron chi connectivity index (χ0n) is 31.5. The number of carbonyl (C=O) groups is 4. The van der Waals surface area contributed by atoms with E-state index in [9.17, 15) is 32.7 Å². The third-order valence-electron chi connectivity index (χ3n) is 9.48. The topological polar surface area (TPSA) is 181 Å². The monoisotopic (exact) mass is 792 g/mol. The lowest BCUT2D eigenvalue weighted by Crippen LogP contribution is -2.57. The third-order valence-corrected chi connectivity index (χ3v) is 10.4. The van der Waals surface area contributed by atoms with Gasteiger partial charge in [0.15, 0.2) is 6.10 Å². The molecule has 0 spiro atoms. The zero-order valence-corrected chi connectivity index (χ0v) is 33.1. The fraction of sp³-hybridized carbons (Fsp3) is 0.579. The van der Waals surface area contributed by atoms with Gasteiger partial charge in [-0.1, -0.05) is 54.1 Å². The number of nitrogens with zero attached hydrogens (tertiary/aromatic N) is 2. The maximum Gasteiger partial charge on any atom is 0.410 e. The summed E-state index contributed by atoms with van der Waals surface area (Å²) in [5.41, 5.74) is 0.944. The highest BCUT2D eigenvalue weighted by molar-refractivity contribution is 7.88. The van der Waals surface area contributed by atoms with Gasteiger partial charge in [-0.2, -0.15) is 0 Å². The van der Waals surface area contributed by atoms with E-state index in [2.05, 4.69) is 10.0 Å². The van der Waals surface area contributed by atoms with Crippen molar-refractivity contribution in [2.45, 2.75) is 102 Å². The van der Waals surface area contributed by atoms with E-state index in [1.54, 1.807) is 74.2 Å². The molecule has 0 radical (unpaired) electrons. The molecule has 16 heteroatoms. The molecule has 2 aliphatic heterocycles. The van der Waals surface area contributed by atoms with E-state index in [1.807, 2.05) is 6.07 Å². The van der Waals surface area contributed by atoms with E-state index in [0.29, 0.717) is 37.4 Å². The van der Waals surface area contributed by atoms with Gasteiger partial charge in [-0.05, 0) is 82.1 Å². The Labute approximate surface area is 322 Å². The van der Waals surface area contributed by atoms with E-state index < -0.39 is 63.7 Å². The van der Waals surface area contributed by atoms with Crippen molar-refractivity contribution < 1.29 is 46.9 Å². The van der Waals surface area contributed by atoms with Gasteiger partial charge in [0, 0.05) is 31.1 Å². The summed E-state index contributed by atoms with van der Waals surface area (Å²) >= 11 is 6.04. The number of esters is 1. The van der Waals surface area contributed by atoms with Crippen molar-refractivity contribution in [1.82, 2.24) is 19.8 Å². The standard InChI is InChI=1S/C38H53ClN4O10S/c1-38(2,3)53-37(48)42-19-17-25(18-20-42)13-16-30(41-54(5,49)50)35(46)43-23-29(52-24-27-11-14-28(39)15-12-27)22-32(43)34(45)40-31(33(44)36(47)51-4)21-26-9-7-6-8-10-26/h6-12,14-15,25,29-33,41,44H,13,16-24H2,1-5H3,(H,40,45)/t29-,30-,31+,32+,33?/m1/s1. The summed E-state index contributed by atoms with van der Waals surface area (Å²) in [5, 5.41) is 14.2. The van der Waals surface area contributed by atoms with Crippen LogP contribution in [-0.2, 0) is 51.6 Å². The number of benzene rings is 2. The molecule has 54 heavy (non-hydrogen) atoms. The van der Waals surface area contributed by atoms with Crippen molar-refractivity contribution in [3.05, 3.63) is 70.7 Å². The Morgan fingerprint density at radius 2 is 1.65 bits per heavy atom. The van der Waals surface area contributed by atoms with Crippen molar-refractivity contribution in [2.75, 3.05) is 33.0 Å². The number of nitrogens with one attached hydrogen (secondary N) is 2. The summed E-state index contributed by atoms with van der Waals surface area (Å²) < 4.78 is 44.1. The van der Waals surface area contributed by atoms with Gasteiger partial charge in [0.2, 0.25) is 21.8 Å². The lowest BCUT2D eigenvalue weighted by molar-refractivity contribution is -0.152. The highest BCUT2D eigenvalue weighted by Gasteiger charge is 2.44. The van der Waals surface area contributed by atoms with Gasteiger partial charge in [0.25, 0.3) is 0 Å². The van der Waals surface area contributed by atoms with Crippen LogP contribution in [0.5, 0.6) is 0 Å². The lowest BCUT2D eigenvalue weighted by atomic mass is 9.90. The van der Waals surface area contributed by atoms with Gasteiger partial charge in [-0.25, -0.2) is 22.7 Å². The number of amides is 3. The SMILES string of the molecule is COC(=O)C(O)[C@H](Cc1ccccc1)NC(=O)[C@@H]1C[C@@H](OCc2ccc(Cl)cc2)CN1C(=O)[C@@H](CCC1CCN(C(=O)OC(C)(C)C)CC1)NS(C)(=O)=O. The van der Waals surface area contributed by atoms with Gasteiger partial charge >= 0.3 is 12.1 Å². The number of halogens is 1. The number of piperidine rings is 1. The first-order valence-corrected chi connectivity index (χ1v) is 20.4. The number of aliphatic hydroxyl groups is 1. The molecule has 2 aromatic rings. The lowest BCUT2D eigenvalue weighted by Gasteiger charge is -2.34. The number of hydrogen-bond acceptors (Lipinski definition) is 10. The van der Waals surface area contributed by atoms with Crippen LogP contribution in [0.25, 0.3) is 0 Å². The molecule has 5 atom stereocenters. The molecule has 0 aromatic heterocycles. The van der Waals surface area contributed by atoms with Crippen molar-refractivity contribution in [1.29, 1.82) is 0 Å². The molecule has 2 saturated heterocycles. The Morgan fingerprint density at radius 1 is 1.00 bits per heavy atom. The molecule has 3 amide bonds. The van der Waals surface area contributed by atoms with E-state index in [-0.39, 0.29) is 44.4 Å². The van der Waals surface area contributed by atoms with Gasteiger partial charge in [-0.15, -0.1) is 0 Å². The van der Waals surface area contributed by atoms with Gasteiger partial charge < -0.3 is 34.4 Å². The second-order valence-electron chi connectivity index (χ2n) is 15.0. The molecular formula is C38H53ClN4O10S. The molecule has 3 N–H and O–H groups in total. The molecule has 0 aliphatic carbocycles. The molecule has 1 unspecified atom stereocenters. The molecule has 4 rings (SSSR count). The minimum Gasteiger partial charge on any atom is -0.467 e. The van der Waals surface area contributed by atoms with Gasteiger partial charge in [0.1, 0.15) is 17.7 Å². The fourth-order valence-electron chi connectivity index (χ4n) is 6.70. The van der Waals surface area contributed by atoms with Crippen LogP contribution in [0.3, 0.4) is 0 Å². The summed E-state index contributed by atoms with van der Waals surface area (Å²) in [5.74, 6) is -2.06. The van der Waals surface area contributed by atoms with Crippen molar-refractivity contribution >= 4 is 45.5 Å². The molecule has 2 aromatic carbocycles. The molecular weight excluding hydrogens is 740 g/mol. The number of likely N-dealkylation sites (tertiary alicyclic amines) is 2. The maximum atomic E-state index is 14.4. The average molecular weight is 793 g/mol. The second kappa shape index (κ2) is 19.2. The number of aliphatic hydroxyl groups excluding tert-OH is 1. The highest BCUT2D eigenvalue weighted by Crippen LogP contribution is 2.28. The van der Waals surface area contributed by atoms with Crippen LogP contribution >= 0.6 is 11.6 Å². The van der Waals surface area contributed by atoms with Crippen LogP contribution in [0.2, 0.25) is 5.02 Å². The number of methoxy groups -OCH3 is 1. The Morgan fingerprint density at radius 3 is 2.24 bits per heavy atom. The first-order chi connectivity index (χ1) is 25.4. The Kier molecular flexibility index (Phi) is 15.3. The Hall–Kier alpha value is -3.76. The Balaban J connectivity index is 1.52. The molecule has 0 bridgehead atoms. The van der Waals surface area contributed by atoms with Crippen LogP contribution in [-0.4, -0.2) is 116 Å². The summed E-state index contributed by atoms with van der Waals surface area (Å²) in [7, 11) is -2.73. The van der Waals surface area contributed by atoms with Crippen LogP contribution < -0.4 is 10.0 Å². The highest BCUT2D eigenvalue weighted by atomic mass is 35.5. The van der Waals surface area contributed by atoms with Crippen LogP contribution in [0.1, 0.15) is 64.0 Å². The number of rotatable bonds is 15. The fourth-order valence-corrected chi connectivity index (χ4v) is 7.56. The van der Waals surface area contributed by atoms with E-state index in [4.69, 9.17) is 25.8 Å². The van der Waals surface area contributed by atoms with Crippen molar-refractivity contribution in [3.8, 4) is 0 Å². The minimum absolute atomic E-state index is 0.0103. The van der Waals surface area contributed by atoms with E-state index in [1.165, 1.54) is 4.90 Å². The second-order valence-corrected chi connectivity index (χ2v) is 17.2. The summed E-state index contributed by atoms with van der Waals surface area (Å²) in [6.45, 7) is 6.52. The minimum atomic E-state index is -3.86. The summed E-state index contributed by atoms with van der Waals surface area (Å²) in [6, 6.07) is 12.6. The number of ether oxygens (including phenoxy) is 3. The number of hydrogen-bond donors (Lipinski definition) is 3. The van der Waals surface area contributed by atoms with E-state index in [0.717, 1.165) is 24.5 Å². The van der Waals surface area contributed by atoms with E-state index >= 15 is 0 Å². The molecule has 2 heterocycles. The molecule has 2 fully saturated rings. The molecule has 0 saturated carbocycles. The first-order valence-electron chi connectivity index (χ1n) is 18.1. The first kappa shape index (κ1) is 43.0. The van der Waals surface area contributed by atoms with Gasteiger partial charge in [0.05, 0.1) is 32.1 Å². The van der Waals surface area contributed by atoms with Crippen LogP contribution in [0.15, 0.2) is 54.6 Å². The Bertz CT molecular complexity index is 1680. The third kappa shape index (κ3) is 13.2. The van der Waals surface area contributed by atoms with Crippen LogP contribution in [0, 0.1) is 5.92 Å². The largest absolute Gasteiger partial charge is 0.467 e. The number of sulfonamides is 1. The average Bonchev–Trinajstić information content (AvgIpc) is 3.56.